The molecule has 3 aliphatic rings. The summed E-state index contributed by atoms with van der Waals surface area (Å²) >= 11 is 6.33. The lowest BCUT2D eigenvalue weighted by molar-refractivity contribution is -0.137. The minimum Gasteiger partial charge on any atom is -0.379 e. The van der Waals surface area contributed by atoms with Crippen LogP contribution in [0.15, 0.2) is 28.5 Å². The summed E-state index contributed by atoms with van der Waals surface area (Å²) in [5.41, 5.74) is -0.550. The number of hydrogen-bond acceptors (Lipinski definition) is 7. The Morgan fingerprint density at radius 2 is 1.70 bits per heavy atom. The third-order valence-electron chi connectivity index (χ3n) is 5.89. The van der Waals surface area contributed by atoms with E-state index in [1.807, 2.05) is 0 Å². The van der Waals surface area contributed by atoms with Crippen LogP contribution in [0.2, 0.25) is 5.02 Å². The van der Waals surface area contributed by atoms with E-state index < -0.39 is 11.7 Å². The highest BCUT2D eigenvalue weighted by molar-refractivity contribution is 6.33. The second kappa shape index (κ2) is 8.96. The summed E-state index contributed by atoms with van der Waals surface area (Å²) in [6, 6.07) is 3.10. The van der Waals surface area contributed by atoms with Crippen LogP contribution < -0.4 is 5.01 Å². The minimum absolute atomic E-state index is 0.0417. The molecule has 166 valence electrons. The van der Waals surface area contributed by atoms with Crippen molar-refractivity contribution in [3.63, 3.8) is 0 Å². The molecule has 0 saturated carbocycles. The van der Waals surface area contributed by atoms with Crippen molar-refractivity contribution in [2.24, 2.45) is 10.3 Å². The number of nitrogens with zero attached hydrogens (tertiary/aromatic N) is 5. The van der Waals surface area contributed by atoms with Crippen molar-refractivity contribution in [3.8, 4) is 0 Å². The van der Waals surface area contributed by atoms with Crippen molar-refractivity contribution < 1.29 is 22.6 Å². The molecule has 2 fully saturated rings. The molecule has 3 aliphatic heterocycles. The molecule has 0 bridgehead atoms. The second-order valence-electron chi connectivity index (χ2n) is 7.65. The van der Waals surface area contributed by atoms with Gasteiger partial charge >= 0.3 is 6.18 Å². The molecule has 0 spiro atoms. The molecular weight excluding hydrogens is 423 g/mol. The van der Waals surface area contributed by atoms with Crippen molar-refractivity contribution >= 4 is 17.3 Å². The molecule has 2 saturated heterocycles. The quantitative estimate of drug-likeness (QED) is 0.709. The fourth-order valence-corrected chi connectivity index (χ4v) is 4.39. The normalized spacial score (nSPS) is 27.6. The Labute approximate surface area is 178 Å². The van der Waals surface area contributed by atoms with Crippen molar-refractivity contribution in [2.75, 3.05) is 57.6 Å². The Bertz CT molecular complexity index is 769. The number of rotatable bonds is 4. The van der Waals surface area contributed by atoms with Crippen molar-refractivity contribution in [1.29, 1.82) is 0 Å². The summed E-state index contributed by atoms with van der Waals surface area (Å²) in [5.74, 6) is 0. The SMILES string of the molecule is CC(C1N=NN(c2cc(C(F)(F)F)ccc2Cl)C1N1CCOCC1)N1CCOCC1. The van der Waals surface area contributed by atoms with Gasteiger partial charge in [0, 0.05) is 32.2 Å². The fourth-order valence-electron chi connectivity index (χ4n) is 4.19. The van der Waals surface area contributed by atoms with E-state index in [1.165, 1.54) is 6.07 Å². The van der Waals surface area contributed by atoms with Gasteiger partial charge in [-0.05, 0) is 25.1 Å². The van der Waals surface area contributed by atoms with Gasteiger partial charge < -0.3 is 9.47 Å². The van der Waals surface area contributed by atoms with E-state index in [0.717, 1.165) is 25.2 Å². The van der Waals surface area contributed by atoms with E-state index in [-0.39, 0.29) is 29.0 Å². The monoisotopic (exact) mass is 447 g/mol. The first-order valence-corrected chi connectivity index (χ1v) is 10.4. The third kappa shape index (κ3) is 4.43. The average molecular weight is 448 g/mol. The lowest BCUT2D eigenvalue weighted by Gasteiger charge is -2.42. The summed E-state index contributed by atoms with van der Waals surface area (Å²) < 4.78 is 50.9. The van der Waals surface area contributed by atoms with E-state index in [0.29, 0.717) is 39.5 Å². The van der Waals surface area contributed by atoms with Gasteiger partial charge in [-0.2, -0.15) is 18.3 Å². The van der Waals surface area contributed by atoms with Crippen molar-refractivity contribution in [2.45, 2.75) is 31.3 Å². The van der Waals surface area contributed by atoms with Gasteiger partial charge in [-0.3, -0.25) is 9.80 Å². The Kier molecular flexibility index (Phi) is 6.50. The van der Waals surface area contributed by atoms with Gasteiger partial charge in [-0.1, -0.05) is 16.8 Å². The van der Waals surface area contributed by atoms with Gasteiger partial charge in [-0.25, -0.2) is 5.01 Å². The smallest absolute Gasteiger partial charge is 0.379 e. The predicted molar refractivity (Wildman–Crippen MR) is 106 cm³/mol. The van der Waals surface area contributed by atoms with Crippen LogP contribution in [0.5, 0.6) is 0 Å². The van der Waals surface area contributed by atoms with E-state index in [2.05, 4.69) is 27.1 Å². The summed E-state index contributed by atoms with van der Waals surface area (Å²) in [6.45, 7) is 7.36. The Morgan fingerprint density at radius 1 is 1.07 bits per heavy atom. The van der Waals surface area contributed by atoms with Gasteiger partial charge in [-0.15, -0.1) is 0 Å². The van der Waals surface area contributed by atoms with Crippen LogP contribution >= 0.6 is 11.6 Å². The Balaban J connectivity index is 1.66. The summed E-state index contributed by atoms with van der Waals surface area (Å²) in [4.78, 5) is 4.46. The first-order chi connectivity index (χ1) is 14.4. The molecule has 3 atom stereocenters. The zero-order chi connectivity index (χ0) is 21.3. The lowest BCUT2D eigenvalue weighted by atomic mass is 10.0. The molecule has 1 aromatic carbocycles. The lowest BCUT2D eigenvalue weighted by Crippen LogP contribution is -2.59. The van der Waals surface area contributed by atoms with Crippen LogP contribution in [0.3, 0.4) is 0 Å². The van der Waals surface area contributed by atoms with E-state index in [4.69, 9.17) is 21.1 Å². The van der Waals surface area contributed by atoms with Crippen LogP contribution in [0.1, 0.15) is 12.5 Å². The number of hydrogen-bond donors (Lipinski definition) is 0. The molecule has 0 radical (unpaired) electrons. The molecule has 3 unspecified atom stereocenters. The topological polar surface area (TPSA) is 52.9 Å². The van der Waals surface area contributed by atoms with Gasteiger partial charge in [0.05, 0.1) is 42.7 Å². The summed E-state index contributed by atoms with van der Waals surface area (Å²) in [5, 5.41) is 10.6. The molecule has 11 heteroatoms. The van der Waals surface area contributed by atoms with E-state index in [9.17, 15) is 13.2 Å². The van der Waals surface area contributed by atoms with Crippen LogP contribution in [-0.4, -0.2) is 80.7 Å². The van der Waals surface area contributed by atoms with Crippen molar-refractivity contribution in [1.82, 2.24) is 9.80 Å². The molecule has 0 aliphatic carbocycles. The highest BCUT2D eigenvalue weighted by Crippen LogP contribution is 2.39. The predicted octanol–water partition coefficient (Wildman–Crippen LogP) is 3.29. The van der Waals surface area contributed by atoms with Crippen LogP contribution in [0, 0.1) is 0 Å². The number of ether oxygens (including phenoxy) is 2. The molecule has 7 nitrogen and oxygen atoms in total. The highest BCUT2D eigenvalue weighted by atomic mass is 35.5. The summed E-state index contributed by atoms with van der Waals surface area (Å²) in [6.07, 6.45) is -4.81. The molecule has 1 aromatic rings. The van der Waals surface area contributed by atoms with Gasteiger partial charge in [0.15, 0.2) is 0 Å². The van der Waals surface area contributed by atoms with Gasteiger partial charge in [0.2, 0.25) is 0 Å². The number of alkyl halides is 3. The minimum atomic E-state index is -4.47. The van der Waals surface area contributed by atoms with Crippen LogP contribution in [0.25, 0.3) is 0 Å². The first kappa shape index (κ1) is 21.8. The van der Waals surface area contributed by atoms with Gasteiger partial charge in [0.1, 0.15) is 12.2 Å². The average Bonchev–Trinajstić information content (AvgIpc) is 3.19. The maximum absolute atomic E-state index is 13.3. The number of anilines is 1. The zero-order valence-corrected chi connectivity index (χ0v) is 17.4. The molecule has 30 heavy (non-hydrogen) atoms. The molecule has 0 N–H and O–H groups in total. The molecule has 0 amide bonds. The number of morpholine rings is 2. The number of benzene rings is 1. The maximum Gasteiger partial charge on any atom is 0.416 e. The standard InChI is InChI=1S/C19H25ClF3N5O2/c1-13(26-4-8-29-9-5-26)17-18(27-6-10-30-11-7-27)28(25-24-17)16-12-14(19(21,22)23)2-3-15(16)20/h2-3,12-13,17-18H,4-11H2,1H3. The number of halogens is 4. The fraction of sp³-hybridized carbons (Fsp3) is 0.684. The summed E-state index contributed by atoms with van der Waals surface area (Å²) in [7, 11) is 0. The van der Waals surface area contributed by atoms with Crippen LogP contribution in [-0.2, 0) is 15.7 Å². The first-order valence-electron chi connectivity index (χ1n) is 10.1. The maximum atomic E-state index is 13.3. The van der Waals surface area contributed by atoms with Crippen molar-refractivity contribution in [3.05, 3.63) is 28.8 Å². The van der Waals surface area contributed by atoms with E-state index in [1.54, 1.807) is 5.01 Å². The second-order valence-corrected chi connectivity index (χ2v) is 8.06. The van der Waals surface area contributed by atoms with E-state index >= 15 is 0 Å². The molecule has 3 heterocycles. The Hall–Kier alpha value is -1.46. The zero-order valence-electron chi connectivity index (χ0n) is 16.7. The largest absolute Gasteiger partial charge is 0.416 e. The Morgan fingerprint density at radius 3 is 2.33 bits per heavy atom. The highest BCUT2D eigenvalue weighted by Gasteiger charge is 2.44. The molecule has 0 aromatic heterocycles. The molecular formula is C19H25ClF3N5O2. The van der Waals surface area contributed by atoms with Gasteiger partial charge in [0.25, 0.3) is 0 Å². The molecule has 4 rings (SSSR count). The third-order valence-corrected chi connectivity index (χ3v) is 6.21. The van der Waals surface area contributed by atoms with Crippen LogP contribution in [0.4, 0.5) is 18.9 Å².